The number of nitrogens with one attached hydrogen (secondary N) is 2. The van der Waals surface area contributed by atoms with Crippen LogP contribution in [0.25, 0.3) is 0 Å². The number of benzene rings is 1. The number of primary amides is 1. The third kappa shape index (κ3) is 4.19. The Morgan fingerprint density at radius 2 is 2.05 bits per heavy atom. The summed E-state index contributed by atoms with van der Waals surface area (Å²) in [6.45, 7) is 3.48. The van der Waals surface area contributed by atoms with Crippen LogP contribution >= 0.6 is 11.6 Å². The Balaban J connectivity index is 1.90. The van der Waals surface area contributed by atoms with Gasteiger partial charge in [0.05, 0.1) is 13.1 Å². The molecule has 6 heteroatoms. The van der Waals surface area contributed by atoms with E-state index in [9.17, 15) is 9.59 Å². The van der Waals surface area contributed by atoms with Crippen LogP contribution < -0.4 is 16.0 Å². The molecule has 2 rings (SSSR count). The van der Waals surface area contributed by atoms with Crippen LogP contribution in [0.2, 0.25) is 5.02 Å². The summed E-state index contributed by atoms with van der Waals surface area (Å²) < 4.78 is 0. The van der Waals surface area contributed by atoms with Crippen LogP contribution in [-0.2, 0) is 9.59 Å². The maximum atomic E-state index is 12.3. The Bertz CT molecular complexity index is 527. The smallest absolute Gasteiger partial charge is 0.282 e. The number of hydrogen-bond acceptors (Lipinski definition) is 2. The maximum Gasteiger partial charge on any atom is 0.282 e. The van der Waals surface area contributed by atoms with Crippen molar-refractivity contribution in [3.63, 3.8) is 0 Å². The molecule has 1 aliphatic rings. The number of quaternary nitrogens is 1. The van der Waals surface area contributed by atoms with E-state index >= 15 is 0 Å². The maximum absolute atomic E-state index is 12.3. The van der Waals surface area contributed by atoms with Crippen molar-refractivity contribution in [2.24, 2.45) is 11.7 Å². The number of halogens is 1. The molecule has 0 bridgehead atoms. The summed E-state index contributed by atoms with van der Waals surface area (Å²) in [4.78, 5) is 24.6. The van der Waals surface area contributed by atoms with E-state index in [1.807, 2.05) is 13.0 Å². The van der Waals surface area contributed by atoms with Crippen molar-refractivity contribution in [2.75, 3.05) is 18.4 Å². The molecule has 0 aliphatic carbocycles. The first-order valence-electron chi connectivity index (χ1n) is 7.17. The number of piperidine rings is 1. The summed E-state index contributed by atoms with van der Waals surface area (Å²) >= 11 is 5.90. The molecule has 0 spiro atoms. The molecule has 1 aromatic rings. The van der Waals surface area contributed by atoms with E-state index in [1.54, 1.807) is 18.2 Å². The Hall–Kier alpha value is -1.59. The lowest BCUT2D eigenvalue weighted by Crippen LogP contribution is -3.17. The lowest BCUT2D eigenvalue weighted by atomic mass is 9.95. The van der Waals surface area contributed by atoms with Gasteiger partial charge in [-0.1, -0.05) is 17.7 Å². The van der Waals surface area contributed by atoms with Crippen molar-refractivity contribution in [3.8, 4) is 0 Å². The second kappa shape index (κ2) is 6.91. The molecule has 1 atom stereocenters. The molecule has 1 fully saturated rings. The molecule has 1 saturated heterocycles. The minimum atomic E-state index is -0.231. The Labute approximate surface area is 129 Å². The van der Waals surface area contributed by atoms with Gasteiger partial charge in [0, 0.05) is 29.5 Å². The van der Waals surface area contributed by atoms with E-state index in [-0.39, 0.29) is 23.8 Å². The first-order valence-corrected chi connectivity index (χ1v) is 7.55. The quantitative estimate of drug-likeness (QED) is 0.755. The number of likely N-dealkylation sites (tertiary alicyclic amines) is 1. The van der Waals surface area contributed by atoms with Crippen LogP contribution in [0.15, 0.2) is 24.3 Å². The molecule has 1 aromatic carbocycles. The molecule has 114 valence electrons. The lowest BCUT2D eigenvalue weighted by Gasteiger charge is -2.31. The first kappa shape index (κ1) is 15.8. The molecule has 5 nitrogen and oxygen atoms in total. The number of carbonyl (C=O) groups excluding carboxylic acids is 2. The number of hydrogen-bond donors (Lipinski definition) is 3. The first-order chi connectivity index (χ1) is 9.97. The largest absolute Gasteiger partial charge is 0.369 e. The van der Waals surface area contributed by atoms with Crippen LogP contribution in [-0.4, -0.2) is 30.9 Å². The highest BCUT2D eigenvalue weighted by molar-refractivity contribution is 6.30. The number of anilines is 1. The molecule has 0 unspecified atom stereocenters. The van der Waals surface area contributed by atoms with Gasteiger partial charge in [-0.05, 0) is 25.1 Å². The van der Waals surface area contributed by atoms with Gasteiger partial charge in [0.2, 0.25) is 5.91 Å². The second-order valence-corrected chi connectivity index (χ2v) is 5.99. The molecule has 0 saturated carbocycles. The topological polar surface area (TPSA) is 76.6 Å². The minimum Gasteiger partial charge on any atom is -0.369 e. The van der Waals surface area contributed by atoms with Crippen LogP contribution in [0, 0.1) is 5.92 Å². The average molecular weight is 311 g/mol. The fourth-order valence-corrected chi connectivity index (χ4v) is 2.90. The van der Waals surface area contributed by atoms with Crippen molar-refractivity contribution < 1.29 is 14.5 Å². The molecule has 1 heterocycles. The van der Waals surface area contributed by atoms with Gasteiger partial charge in [-0.3, -0.25) is 9.59 Å². The van der Waals surface area contributed by atoms with Crippen molar-refractivity contribution in [2.45, 2.75) is 25.8 Å². The average Bonchev–Trinajstić information content (AvgIpc) is 2.46. The fourth-order valence-electron chi connectivity index (χ4n) is 2.71. The van der Waals surface area contributed by atoms with E-state index in [4.69, 9.17) is 17.3 Å². The summed E-state index contributed by atoms with van der Waals surface area (Å²) in [6, 6.07) is 6.93. The van der Waals surface area contributed by atoms with Gasteiger partial charge in [-0.15, -0.1) is 0 Å². The van der Waals surface area contributed by atoms with E-state index in [2.05, 4.69) is 5.32 Å². The SMILES string of the molecule is C[C@H](C(=O)Nc1cccc(Cl)c1)[NH+]1CCC(C(N)=O)CC1. The minimum absolute atomic E-state index is 0.0372. The number of amides is 2. The third-order valence-corrected chi connectivity index (χ3v) is 4.36. The molecule has 0 aromatic heterocycles. The fraction of sp³-hybridized carbons (Fsp3) is 0.467. The predicted octanol–water partition coefficient (Wildman–Crippen LogP) is 0.447. The summed E-state index contributed by atoms with van der Waals surface area (Å²) in [7, 11) is 0. The zero-order valence-electron chi connectivity index (χ0n) is 12.1. The highest BCUT2D eigenvalue weighted by Gasteiger charge is 2.31. The Morgan fingerprint density at radius 3 is 2.62 bits per heavy atom. The molecular weight excluding hydrogens is 290 g/mol. The standard InChI is InChI=1S/C15H20ClN3O2/c1-10(19-7-5-11(6-8-19)14(17)20)15(21)18-13-4-2-3-12(16)9-13/h2-4,9-11H,5-8H2,1H3,(H2,17,20)(H,18,21)/p+1/t10-/m1/s1. The highest BCUT2D eigenvalue weighted by Crippen LogP contribution is 2.15. The van der Waals surface area contributed by atoms with Crippen molar-refractivity contribution in [1.29, 1.82) is 0 Å². The molecule has 0 radical (unpaired) electrons. The zero-order valence-corrected chi connectivity index (χ0v) is 12.8. The van der Waals surface area contributed by atoms with Gasteiger partial charge in [0.25, 0.3) is 5.91 Å². The zero-order chi connectivity index (χ0) is 15.4. The number of carbonyl (C=O) groups is 2. The summed E-state index contributed by atoms with van der Waals surface area (Å²) in [6.07, 6.45) is 1.50. The molecule has 4 N–H and O–H groups in total. The van der Waals surface area contributed by atoms with Crippen LogP contribution in [0.4, 0.5) is 5.69 Å². The normalized spacial score (nSPS) is 23.3. The lowest BCUT2D eigenvalue weighted by molar-refractivity contribution is -0.919. The molecule has 1 aliphatic heterocycles. The molecule has 2 amide bonds. The molecule has 21 heavy (non-hydrogen) atoms. The highest BCUT2D eigenvalue weighted by atomic mass is 35.5. The van der Waals surface area contributed by atoms with Crippen LogP contribution in [0.5, 0.6) is 0 Å². The summed E-state index contributed by atoms with van der Waals surface area (Å²) in [5, 5.41) is 3.47. The van der Waals surface area contributed by atoms with E-state index in [0.29, 0.717) is 10.7 Å². The van der Waals surface area contributed by atoms with Crippen LogP contribution in [0.1, 0.15) is 19.8 Å². The monoisotopic (exact) mass is 310 g/mol. The molecular formula is C15H21ClN3O2+. The Kier molecular flexibility index (Phi) is 5.20. The van der Waals surface area contributed by atoms with E-state index in [1.165, 1.54) is 4.90 Å². The van der Waals surface area contributed by atoms with Gasteiger partial charge in [-0.25, -0.2) is 0 Å². The number of rotatable bonds is 4. The van der Waals surface area contributed by atoms with Crippen molar-refractivity contribution in [1.82, 2.24) is 0 Å². The third-order valence-electron chi connectivity index (χ3n) is 4.13. The van der Waals surface area contributed by atoms with Crippen LogP contribution in [0.3, 0.4) is 0 Å². The predicted molar refractivity (Wildman–Crippen MR) is 82.2 cm³/mol. The van der Waals surface area contributed by atoms with E-state index < -0.39 is 0 Å². The van der Waals surface area contributed by atoms with Gasteiger partial charge in [-0.2, -0.15) is 0 Å². The van der Waals surface area contributed by atoms with Gasteiger partial charge in [0.1, 0.15) is 0 Å². The van der Waals surface area contributed by atoms with Crippen molar-refractivity contribution in [3.05, 3.63) is 29.3 Å². The van der Waals surface area contributed by atoms with Gasteiger partial charge < -0.3 is 16.0 Å². The van der Waals surface area contributed by atoms with Gasteiger partial charge in [0.15, 0.2) is 6.04 Å². The Morgan fingerprint density at radius 1 is 1.38 bits per heavy atom. The second-order valence-electron chi connectivity index (χ2n) is 5.56. The summed E-state index contributed by atoms with van der Waals surface area (Å²) in [5.41, 5.74) is 6.02. The van der Waals surface area contributed by atoms with Gasteiger partial charge >= 0.3 is 0 Å². The van der Waals surface area contributed by atoms with E-state index in [0.717, 1.165) is 25.9 Å². The van der Waals surface area contributed by atoms with Crippen molar-refractivity contribution >= 4 is 29.1 Å². The summed E-state index contributed by atoms with van der Waals surface area (Å²) in [5.74, 6) is -0.313. The number of nitrogens with two attached hydrogens (primary N) is 1.